The molecule has 0 saturated heterocycles. The molecule has 1 rings (SSSR count). The first kappa shape index (κ1) is 19.1. The minimum atomic E-state index is -3.75. The Kier molecular flexibility index (Phi) is 8.07. The standard InChI is InChI=1S/C17H28O4S/c1-4-5-6-7-8-17(18)15(3)13-21-22(19,20)16-11-9-14(2)10-12-16/h9-12,15,17-18H,4-8,13H2,1-3H3/t15-,17-/m0/s1. The van der Waals surface area contributed by atoms with E-state index in [4.69, 9.17) is 4.18 Å². The molecule has 0 saturated carbocycles. The van der Waals surface area contributed by atoms with E-state index in [1.807, 2.05) is 13.8 Å². The van der Waals surface area contributed by atoms with Crippen molar-refractivity contribution in [1.29, 1.82) is 0 Å². The van der Waals surface area contributed by atoms with Crippen LogP contribution in [0.25, 0.3) is 0 Å². The molecule has 0 aliphatic carbocycles. The average molecular weight is 328 g/mol. The van der Waals surface area contributed by atoms with Gasteiger partial charge in [0.25, 0.3) is 10.1 Å². The van der Waals surface area contributed by atoms with Crippen LogP contribution < -0.4 is 0 Å². The number of rotatable bonds is 10. The molecule has 2 atom stereocenters. The number of hydrogen-bond donors (Lipinski definition) is 1. The van der Waals surface area contributed by atoms with E-state index in [1.165, 1.54) is 18.6 Å². The Bertz CT molecular complexity index is 522. The van der Waals surface area contributed by atoms with Crippen LogP contribution in [0.2, 0.25) is 0 Å². The zero-order valence-corrected chi connectivity index (χ0v) is 14.6. The minimum Gasteiger partial charge on any atom is -0.393 e. The Morgan fingerprint density at radius 3 is 2.36 bits per heavy atom. The SMILES string of the molecule is CCCCCC[C@H](O)[C@@H](C)COS(=O)(=O)c1ccc(C)cc1. The van der Waals surface area contributed by atoms with Gasteiger partial charge in [0.1, 0.15) is 0 Å². The Labute approximate surface area is 134 Å². The molecule has 0 radical (unpaired) electrons. The number of benzene rings is 1. The molecule has 1 N–H and O–H groups in total. The molecule has 4 nitrogen and oxygen atoms in total. The molecule has 0 fully saturated rings. The van der Waals surface area contributed by atoms with Gasteiger partial charge >= 0.3 is 0 Å². The Morgan fingerprint density at radius 1 is 1.14 bits per heavy atom. The number of aryl methyl sites for hydroxylation is 1. The van der Waals surface area contributed by atoms with Crippen LogP contribution >= 0.6 is 0 Å². The van der Waals surface area contributed by atoms with Crippen LogP contribution in [0.4, 0.5) is 0 Å². The quantitative estimate of drug-likeness (QED) is 0.526. The Hall–Kier alpha value is -0.910. The van der Waals surface area contributed by atoms with E-state index >= 15 is 0 Å². The summed E-state index contributed by atoms with van der Waals surface area (Å²) >= 11 is 0. The lowest BCUT2D eigenvalue weighted by Crippen LogP contribution is -2.24. The summed E-state index contributed by atoms with van der Waals surface area (Å²) in [4.78, 5) is 0.155. The minimum absolute atomic E-state index is 0.00511. The van der Waals surface area contributed by atoms with Gasteiger partial charge in [-0.1, -0.05) is 57.2 Å². The number of unbranched alkanes of at least 4 members (excludes halogenated alkanes) is 3. The molecular formula is C17H28O4S. The highest BCUT2D eigenvalue weighted by Gasteiger charge is 2.20. The normalized spacial score (nSPS) is 14.7. The van der Waals surface area contributed by atoms with Crippen LogP contribution in [0.5, 0.6) is 0 Å². The van der Waals surface area contributed by atoms with Crippen LogP contribution in [0.15, 0.2) is 29.2 Å². The van der Waals surface area contributed by atoms with Crippen molar-refractivity contribution in [3.05, 3.63) is 29.8 Å². The first-order valence-corrected chi connectivity index (χ1v) is 9.41. The molecule has 126 valence electrons. The van der Waals surface area contributed by atoms with Crippen molar-refractivity contribution in [3.63, 3.8) is 0 Å². The van der Waals surface area contributed by atoms with Crippen LogP contribution in [0, 0.1) is 12.8 Å². The molecular weight excluding hydrogens is 300 g/mol. The van der Waals surface area contributed by atoms with E-state index in [0.29, 0.717) is 6.42 Å². The summed E-state index contributed by atoms with van der Waals surface area (Å²) < 4.78 is 29.2. The third-order valence-corrected chi connectivity index (χ3v) is 5.10. The predicted molar refractivity (Wildman–Crippen MR) is 88.2 cm³/mol. The smallest absolute Gasteiger partial charge is 0.296 e. The molecule has 5 heteroatoms. The molecule has 0 aliphatic rings. The molecule has 1 aromatic carbocycles. The summed E-state index contributed by atoms with van der Waals surface area (Å²) in [6, 6.07) is 6.55. The molecule has 0 aromatic heterocycles. The molecule has 0 aliphatic heterocycles. The summed E-state index contributed by atoms with van der Waals surface area (Å²) in [7, 11) is -3.75. The fourth-order valence-electron chi connectivity index (χ4n) is 2.15. The van der Waals surface area contributed by atoms with Gasteiger partial charge in [0.2, 0.25) is 0 Å². The zero-order valence-electron chi connectivity index (χ0n) is 13.8. The molecule has 0 unspecified atom stereocenters. The maximum absolute atomic E-state index is 12.1. The van der Waals surface area contributed by atoms with Crippen molar-refractivity contribution in [2.24, 2.45) is 5.92 Å². The van der Waals surface area contributed by atoms with E-state index in [0.717, 1.165) is 24.8 Å². The first-order valence-electron chi connectivity index (χ1n) is 8.01. The summed E-state index contributed by atoms with van der Waals surface area (Å²) in [5.74, 6) is -0.207. The molecule has 0 amide bonds. The lowest BCUT2D eigenvalue weighted by molar-refractivity contribution is 0.0770. The van der Waals surface area contributed by atoms with Crippen LogP contribution in [0.1, 0.15) is 51.5 Å². The summed E-state index contributed by atoms with van der Waals surface area (Å²) in [6.07, 6.45) is 4.55. The van der Waals surface area contributed by atoms with Gasteiger partial charge in [0.05, 0.1) is 17.6 Å². The summed E-state index contributed by atoms with van der Waals surface area (Å²) in [5.41, 5.74) is 0.995. The van der Waals surface area contributed by atoms with Gasteiger partial charge in [-0.2, -0.15) is 8.42 Å². The fraction of sp³-hybridized carbons (Fsp3) is 0.647. The van der Waals surface area contributed by atoms with Crippen molar-refractivity contribution in [3.8, 4) is 0 Å². The van der Waals surface area contributed by atoms with Gasteiger partial charge in [0, 0.05) is 5.92 Å². The topological polar surface area (TPSA) is 63.6 Å². The van der Waals surface area contributed by atoms with Crippen molar-refractivity contribution in [2.75, 3.05) is 6.61 Å². The van der Waals surface area contributed by atoms with Crippen molar-refractivity contribution >= 4 is 10.1 Å². The predicted octanol–water partition coefficient (Wildman–Crippen LogP) is 3.67. The maximum atomic E-state index is 12.1. The van der Waals surface area contributed by atoms with Gasteiger partial charge in [-0.25, -0.2) is 0 Å². The number of hydrogen-bond acceptors (Lipinski definition) is 4. The van der Waals surface area contributed by atoms with Crippen LogP contribution in [0.3, 0.4) is 0 Å². The highest BCUT2D eigenvalue weighted by Crippen LogP contribution is 2.17. The Morgan fingerprint density at radius 2 is 1.77 bits per heavy atom. The molecule has 1 aromatic rings. The van der Waals surface area contributed by atoms with Crippen LogP contribution in [-0.4, -0.2) is 26.2 Å². The van der Waals surface area contributed by atoms with Crippen molar-refractivity contribution in [2.45, 2.75) is 63.9 Å². The third-order valence-electron chi connectivity index (χ3n) is 3.81. The van der Waals surface area contributed by atoms with Crippen molar-refractivity contribution < 1.29 is 17.7 Å². The van der Waals surface area contributed by atoms with Gasteiger partial charge in [-0.15, -0.1) is 0 Å². The second-order valence-corrected chi connectivity index (χ2v) is 7.56. The monoisotopic (exact) mass is 328 g/mol. The molecule has 0 bridgehead atoms. The largest absolute Gasteiger partial charge is 0.393 e. The average Bonchev–Trinajstić information content (AvgIpc) is 2.49. The lowest BCUT2D eigenvalue weighted by atomic mass is 10.00. The summed E-state index contributed by atoms with van der Waals surface area (Å²) in [5, 5.41) is 10.0. The molecule has 0 spiro atoms. The van der Waals surface area contributed by atoms with E-state index < -0.39 is 16.2 Å². The maximum Gasteiger partial charge on any atom is 0.296 e. The van der Waals surface area contributed by atoms with E-state index in [2.05, 4.69) is 6.92 Å². The van der Waals surface area contributed by atoms with Gasteiger partial charge < -0.3 is 5.11 Å². The fourth-order valence-corrected chi connectivity index (χ4v) is 3.15. The van der Waals surface area contributed by atoms with Crippen LogP contribution in [-0.2, 0) is 14.3 Å². The third kappa shape index (κ3) is 6.46. The second-order valence-electron chi connectivity index (χ2n) is 5.95. The first-order chi connectivity index (χ1) is 10.4. The number of aliphatic hydroxyl groups is 1. The highest BCUT2D eigenvalue weighted by atomic mass is 32.2. The zero-order chi connectivity index (χ0) is 16.6. The lowest BCUT2D eigenvalue weighted by Gasteiger charge is -2.18. The number of aliphatic hydroxyl groups excluding tert-OH is 1. The molecule has 0 heterocycles. The summed E-state index contributed by atoms with van der Waals surface area (Å²) in [6.45, 7) is 5.86. The van der Waals surface area contributed by atoms with E-state index in [-0.39, 0.29) is 17.4 Å². The second kappa shape index (κ2) is 9.28. The highest BCUT2D eigenvalue weighted by molar-refractivity contribution is 7.86. The van der Waals surface area contributed by atoms with E-state index in [9.17, 15) is 13.5 Å². The van der Waals surface area contributed by atoms with Gasteiger partial charge in [0.15, 0.2) is 0 Å². The Balaban J connectivity index is 2.44. The van der Waals surface area contributed by atoms with Crippen molar-refractivity contribution in [1.82, 2.24) is 0 Å². The van der Waals surface area contributed by atoms with Gasteiger partial charge in [-0.05, 0) is 25.5 Å². The van der Waals surface area contributed by atoms with E-state index in [1.54, 1.807) is 12.1 Å². The van der Waals surface area contributed by atoms with Gasteiger partial charge in [-0.3, -0.25) is 4.18 Å². The molecule has 22 heavy (non-hydrogen) atoms.